The first kappa shape index (κ1) is 14.1. The highest BCUT2D eigenvalue weighted by Gasteiger charge is 2.24. The molecule has 18 heavy (non-hydrogen) atoms. The van der Waals surface area contributed by atoms with Crippen molar-refractivity contribution >= 4 is 17.3 Å². The van der Waals surface area contributed by atoms with Gasteiger partial charge in [0.05, 0.1) is 0 Å². The first-order valence-corrected chi connectivity index (χ1v) is 7.93. The van der Waals surface area contributed by atoms with Crippen LogP contribution in [0.15, 0.2) is 0 Å². The highest BCUT2D eigenvalue weighted by Crippen LogP contribution is 2.21. The number of piperidine rings is 2. The third kappa shape index (κ3) is 3.82. The van der Waals surface area contributed by atoms with E-state index in [0.29, 0.717) is 6.04 Å². The molecule has 0 aliphatic carbocycles. The van der Waals surface area contributed by atoms with Crippen molar-refractivity contribution in [2.24, 2.45) is 0 Å². The minimum atomic E-state index is 0.667. The molecule has 2 saturated heterocycles. The summed E-state index contributed by atoms with van der Waals surface area (Å²) in [4.78, 5) is 5.06. The molecule has 0 radical (unpaired) electrons. The Hall–Kier alpha value is -0.350. The molecule has 0 aromatic heterocycles. The number of rotatable bonds is 3. The van der Waals surface area contributed by atoms with E-state index in [0.717, 1.165) is 11.7 Å². The standard InChI is InChI=1S/C14H27N3S/c1-15-14(18)17-11-6-3-7-13(17)8-12-16-9-4-2-5-10-16/h13H,2-12H2,1H3,(H,15,18)/t13-/m0/s1. The quantitative estimate of drug-likeness (QED) is 0.792. The Balaban J connectivity index is 1.79. The van der Waals surface area contributed by atoms with Gasteiger partial charge in [-0.2, -0.15) is 0 Å². The normalized spacial score (nSPS) is 26.1. The molecule has 0 amide bonds. The van der Waals surface area contributed by atoms with Gasteiger partial charge in [-0.1, -0.05) is 6.42 Å². The molecule has 2 fully saturated rings. The molecule has 0 unspecified atom stereocenters. The Kier molecular flexibility index (Phi) is 5.70. The van der Waals surface area contributed by atoms with Crippen LogP contribution in [0, 0.1) is 0 Å². The van der Waals surface area contributed by atoms with Crippen LogP contribution in [0.5, 0.6) is 0 Å². The second kappa shape index (κ2) is 7.29. The maximum Gasteiger partial charge on any atom is 0.168 e. The van der Waals surface area contributed by atoms with E-state index in [-0.39, 0.29) is 0 Å². The Bertz CT molecular complexity index is 264. The van der Waals surface area contributed by atoms with Gasteiger partial charge in [0, 0.05) is 26.2 Å². The summed E-state index contributed by atoms with van der Waals surface area (Å²) in [6.07, 6.45) is 9.47. The van der Waals surface area contributed by atoms with Gasteiger partial charge in [-0.3, -0.25) is 0 Å². The highest BCUT2D eigenvalue weighted by atomic mass is 32.1. The summed E-state index contributed by atoms with van der Waals surface area (Å²) in [6.45, 7) is 5.02. The smallest absolute Gasteiger partial charge is 0.168 e. The van der Waals surface area contributed by atoms with Crippen molar-refractivity contribution in [3.8, 4) is 0 Å². The zero-order valence-electron chi connectivity index (χ0n) is 11.7. The SMILES string of the molecule is CNC(=S)N1CCCC[C@H]1CCN1CCCCC1. The number of likely N-dealkylation sites (tertiary alicyclic amines) is 2. The fourth-order valence-electron chi connectivity index (χ4n) is 3.23. The molecule has 0 saturated carbocycles. The first-order chi connectivity index (χ1) is 8.81. The summed E-state index contributed by atoms with van der Waals surface area (Å²) in [5, 5.41) is 4.09. The van der Waals surface area contributed by atoms with Gasteiger partial charge in [0.15, 0.2) is 5.11 Å². The Labute approximate surface area is 117 Å². The summed E-state index contributed by atoms with van der Waals surface area (Å²) >= 11 is 5.42. The molecule has 2 heterocycles. The molecular formula is C14H27N3S. The lowest BCUT2D eigenvalue weighted by atomic mass is 9.99. The molecule has 2 aliphatic heterocycles. The van der Waals surface area contributed by atoms with Gasteiger partial charge in [-0.25, -0.2) is 0 Å². The topological polar surface area (TPSA) is 18.5 Å². The van der Waals surface area contributed by atoms with Crippen molar-refractivity contribution in [3.63, 3.8) is 0 Å². The average molecular weight is 269 g/mol. The number of thiocarbonyl (C=S) groups is 1. The second-order valence-corrected chi connectivity index (χ2v) is 5.98. The first-order valence-electron chi connectivity index (χ1n) is 7.52. The number of hydrogen-bond donors (Lipinski definition) is 1. The van der Waals surface area contributed by atoms with Crippen molar-refractivity contribution in [2.75, 3.05) is 33.2 Å². The van der Waals surface area contributed by atoms with Crippen LogP contribution in [0.1, 0.15) is 44.9 Å². The zero-order valence-corrected chi connectivity index (χ0v) is 12.5. The summed E-state index contributed by atoms with van der Waals surface area (Å²) in [5.74, 6) is 0. The van der Waals surface area contributed by atoms with Gasteiger partial charge in [-0.15, -0.1) is 0 Å². The van der Waals surface area contributed by atoms with Crippen LogP contribution in [-0.2, 0) is 0 Å². The van der Waals surface area contributed by atoms with Crippen molar-refractivity contribution in [3.05, 3.63) is 0 Å². The van der Waals surface area contributed by atoms with Gasteiger partial charge < -0.3 is 15.1 Å². The van der Waals surface area contributed by atoms with Crippen molar-refractivity contribution in [1.82, 2.24) is 15.1 Å². The number of nitrogens with one attached hydrogen (secondary N) is 1. The van der Waals surface area contributed by atoms with Crippen LogP contribution in [0.25, 0.3) is 0 Å². The molecule has 3 nitrogen and oxygen atoms in total. The average Bonchev–Trinajstić information content (AvgIpc) is 2.45. The van der Waals surface area contributed by atoms with E-state index in [1.165, 1.54) is 64.6 Å². The fraction of sp³-hybridized carbons (Fsp3) is 0.929. The van der Waals surface area contributed by atoms with Crippen LogP contribution in [0.2, 0.25) is 0 Å². The van der Waals surface area contributed by atoms with Crippen LogP contribution in [0.4, 0.5) is 0 Å². The molecule has 0 spiro atoms. The number of nitrogens with zero attached hydrogens (tertiary/aromatic N) is 2. The highest BCUT2D eigenvalue weighted by molar-refractivity contribution is 7.80. The summed E-state index contributed by atoms with van der Waals surface area (Å²) in [5.41, 5.74) is 0. The molecule has 2 rings (SSSR count). The van der Waals surface area contributed by atoms with Crippen LogP contribution in [-0.4, -0.2) is 54.2 Å². The zero-order chi connectivity index (χ0) is 12.8. The van der Waals surface area contributed by atoms with Crippen LogP contribution < -0.4 is 5.32 Å². The molecule has 2 aliphatic rings. The Morgan fingerprint density at radius 3 is 2.56 bits per heavy atom. The van der Waals surface area contributed by atoms with Crippen molar-refractivity contribution in [1.29, 1.82) is 0 Å². The largest absolute Gasteiger partial charge is 0.366 e. The lowest BCUT2D eigenvalue weighted by molar-refractivity contribution is 0.175. The maximum absolute atomic E-state index is 5.42. The summed E-state index contributed by atoms with van der Waals surface area (Å²) in [7, 11) is 1.94. The predicted octanol–water partition coefficient (Wildman–Crippen LogP) is 2.22. The molecule has 1 atom stereocenters. The van der Waals surface area contributed by atoms with Gasteiger partial charge in [0.2, 0.25) is 0 Å². The molecule has 0 aromatic rings. The Morgan fingerprint density at radius 2 is 1.83 bits per heavy atom. The van der Waals surface area contributed by atoms with Gasteiger partial charge >= 0.3 is 0 Å². The van der Waals surface area contributed by atoms with Gasteiger partial charge in [-0.05, 0) is 63.8 Å². The summed E-state index contributed by atoms with van der Waals surface area (Å²) in [6, 6.07) is 0.667. The van der Waals surface area contributed by atoms with E-state index in [1.807, 2.05) is 7.05 Å². The van der Waals surface area contributed by atoms with Crippen LogP contribution in [0.3, 0.4) is 0 Å². The fourth-order valence-corrected chi connectivity index (χ4v) is 3.47. The van der Waals surface area contributed by atoms with E-state index in [9.17, 15) is 0 Å². The number of hydrogen-bond acceptors (Lipinski definition) is 2. The molecule has 104 valence electrons. The second-order valence-electron chi connectivity index (χ2n) is 5.59. The van der Waals surface area contributed by atoms with E-state index < -0.39 is 0 Å². The lowest BCUT2D eigenvalue weighted by Crippen LogP contribution is -2.48. The third-order valence-corrected chi connectivity index (χ3v) is 4.77. The van der Waals surface area contributed by atoms with Gasteiger partial charge in [0.25, 0.3) is 0 Å². The van der Waals surface area contributed by atoms with Crippen molar-refractivity contribution in [2.45, 2.75) is 51.0 Å². The van der Waals surface area contributed by atoms with Gasteiger partial charge in [0.1, 0.15) is 0 Å². The maximum atomic E-state index is 5.42. The minimum Gasteiger partial charge on any atom is -0.366 e. The summed E-state index contributed by atoms with van der Waals surface area (Å²) < 4.78 is 0. The van der Waals surface area contributed by atoms with Crippen molar-refractivity contribution < 1.29 is 0 Å². The monoisotopic (exact) mass is 269 g/mol. The third-order valence-electron chi connectivity index (χ3n) is 4.33. The van der Waals surface area contributed by atoms with E-state index in [1.54, 1.807) is 0 Å². The lowest BCUT2D eigenvalue weighted by Gasteiger charge is -2.38. The minimum absolute atomic E-state index is 0.667. The molecule has 0 bridgehead atoms. The van der Waals surface area contributed by atoms with E-state index in [4.69, 9.17) is 12.2 Å². The predicted molar refractivity (Wildman–Crippen MR) is 80.9 cm³/mol. The molecule has 1 N–H and O–H groups in total. The van der Waals surface area contributed by atoms with E-state index in [2.05, 4.69) is 15.1 Å². The van der Waals surface area contributed by atoms with Crippen LogP contribution >= 0.6 is 12.2 Å². The van der Waals surface area contributed by atoms with E-state index >= 15 is 0 Å². The Morgan fingerprint density at radius 1 is 1.11 bits per heavy atom. The molecular weight excluding hydrogens is 242 g/mol. The molecule has 0 aromatic carbocycles. The molecule has 4 heteroatoms.